The van der Waals surface area contributed by atoms with Crippen LogP contribution in [-0.4, -0.2) is 29.6 Å². The average molecular weight is 483 g/mol. The quantitative estimate of drug-likeness (QED) is 0.512. The molecule has 0 saturated carbocycles. The zero-order valence-corrected chi connectivity index (χ0v) is 20.6. The highest BCUT2D eigenvalue weighted by atomic mass is 32.1. The lowest BCUT2D eigenvalue weighted by Crippen LogP contribution is -2.51. The van der Waals surface area contributed by atoms with Crippen LogP contribution in [0.25, 0.3) is 6.08 Å². The van der Waals surface area contributed by atoms with Crippen molar-refractivity contribution in [3.8, 4) is 0 Å². The van der Waals surface area contributed by atoms with Crippen molar-refractivity contribution in [2.24, 2.45) is 11.3 Å². The zero-order valence-electron chi connectivity index (χ0n) is 19.8. The molecule has 1 aromatic heterocycles. The fourth-order valence-corrected chi connectivity index (χ4v) is 6.84. The molecule has 176 valence electrons. The third kappa shape index (κ3) is 2.89. The molecule has 6 heteroatoms. The Morgan fingerprint density at radius 1 is 1.00 bits per heavy atom. The first-order valence-corrected chi connectivity index (χ1v) is 12.7. The second-order valence-electron chi connectivity index (χ2n) is 10.5. The summed E-state index contributed by atoms with van der Waals surface area (Å²) in [6.07, 6.45) is 4.03. The van der Waals surface area contributed by atoms with E-state index in [9.17, 15) is 14.4 Å². The van der Waals surface area contributed by atoms with Crippen LogP contribution in [0.2, 0.25) is 0 Å². The van der Waals surface area contributed by atoms with Crippen molar-refractivity contribution in [2.75, 3.05) is 10.2 Å². The number of nitrogens with one attached hydrogen (secondary N) is 1. The maximum atomic E-state index is 14.3. The molecule has 6 rings (SSSR count). The summed E-state index contributed by atoms with van der Waals surface area (Å²) >= 11 is 1.35. The van der Waals surface area contributed by atoms with Crippen molar-refractivity contribution in [2.45, 2.75) is 38.3 Å². The van der Waals surface area contributed by atoms with Crippen LogP contribution in [0.4, 0.5) is 11.4 Å². The Balaban J connectivity index is 1.69. The molecule has 3 aliphatic rings. The molecular weight excluding hydrogens is 456 g/mol. The third-order valence-electron chi connectivity index (χ3n) is 7.60. The standard InChI is InChI=1S/C29H26N2O3S/c1-28(2,3)26(33)24-23(25(32)21-13-8-16-35-21)29(18-10-5-6-11-19(18)30-27(29)34)22-15-14-17-9-4-7-12-20(17)31(22)24/h4-16,22-24H,1-3H3,(H,30,34)/t22-,23+,24+,29-/m1/s1. The van der Waals surface area contributed by atoms with E-state index >= 15 is 0 Å². The van der Waals surface area contributed by atoms with E-state index in [4.69, 9.17) is 0 Å². The minimum Gasteiger partial charge on any atom is -0.352 e. The van der Waals surface area contributed by atoms with Crippen molar-refractivity contribution >= 4 is 46.3 Å². The topological polar surface area (TPSA) is 66.5 Å². The van der Waals surface area contributed by atoms with Gasteiger partial charge >= 0.3 is 0 Å². The van der Waals surface area contributed by atoms with Gasteiger partial charge in [0.25, 0.3) is 0 Å². The van der Waals surface area contributed by atoms with Gasteiger partial charge in [0, 0.05) is 16.8 Å². The van der Waals surface area contributed by atoms with Crippen molar-refractivity contribution < 1.29 is 14.4 Å². The largest absolute Gasteiger partial charge is 0.352 e. The maximum Gasteiger partial charge on any atom is 0.238 e. The lowest BCUT2D eigenvalue weighted by atomic mass is 9.64. The molecule has 1 N–H and O–H groups in total. The number of thiophene rings is 1. The van der Waals surface area contributed by atoms with Crippen molar-refractivity contribution in [1.29, 1.82) is 0 Å². The lowest BCUT2D eigenvalue weighted by molar-refractivity contribution is -0.128. The summed E-state index contributed by atoms with van der Waals surface area (Å²) in [5.41, 5.74) is 1.40. The Morgan fingerprint density at radius 2 is 1.74 bits per heavy atom. The van der Waals surface area contributed by atoms with Crippen molar-refractivity contribution in [1.82, 2.24) is 0 Å². The predicted molar refractivity (Wildman–Crippen MR) is 139 cm³/mol. The molecule has 1 saturated heterocycles. The van der Waals surface area contributed by atoms with Crippen LogP contribution in [0.15, 0.2) is 72.1 Å². The van der Waals surface area contributed by atoms with Gasteiger partial charge in [0.05, 0.1) is 16.8 Å². The summed E-state index contributed by atoms with van der Waals surface area (Å²) < 4.78 is 0. The molecule has 3 aliphatic heterocycles. The molecule has 1 amide bonds. The number of rotatable bonds is 3. The number of Topliss-reactive ketones (excluding diaryl/α,β-unsaturated/α-hetero) is 2. The molecule has 1 spiro atoms. The van der Waals surface area contributed by atoms with Gasteiger partial charge in [-0.2, -0.15) is 0 Å². The zero-order chi connectivity index (χ0) is 24.5. The van der Waals surface area contributed by atoms with Crippen LogP contribution in [0.1, 0.15) is 41.6 Å². The van der Waals surface area contributed by atoms with Crippen LogP contribution in [0.3, 0.4) is 0 Å². The van der Waals surface area contributed by atoms with Gasteiger partial charge in [-0.25, -0.2) is 0 Å². The molecule has 0 unspecified atom stereocenters. The number of ketones is 2. The van der Waals surface area contributed by atoms with Gasteiger partial charge in [-0.1, -0.05) is 75.4 Å². The Bertz CT molecular complexity index is 1400. The number of nitrogens with zero attached hydrogens (tertiary/aromatic N) is 1. The minimum atomic E-state index is -1.23. The molecule has 4 heterocycles. The number of hydrogen-bond donors (Lipinski definition) is 1. The van der Waals surface area contributed by atoms with E-state index in [0.717, 1.165) is 16.8 Å². The van der Waals surface area contributed by atoms with E-state index in [2.05, 4.69) is 10.2 Å². The second kappa shape index (κ2) is 7.49. The van der Waals surface area contributed by atoms with Crippen LogP contribution in [0.5, 0.6) is 0 Å². The molecule has 5 nitrogen and oxygen atoms in total. The summed E-state index contributed by atoms with van der Waals surface area (Å²) in [5.74, 6) is -1.31. The molecule has 0 bridgehead atoms. The number of amides is 1. The third-order valence-corrected chi connectivity index (χ3v) is 8.48. The molecule has 0 aliphatic carbocycles. The number of anilines is 2. The molecule has 35 heavy (non-hydrogen) atoms. The van der Waals surface area contributed by atoms with E-state index < -0.39 is 28.8 Å². The average Bonchev–Trinajstić information content (AvgIpc) is 3.55. The highest BCUT2D eigenvalue weighted by Gasteiger charge is 2.70. The summed E-state index contributed by atoms with van der Waals surface area (Å²) in [4.78, 5) is 45.3. The van der Waals surface area contributed by atoms with Crippen LogP contribution >= 0.6 is 11.3 Å². The van der Waals surface area contributed by atoms with Gasteiger partial charge in [0.15, 0.2) is 11.6 Å². The lowest BCUT2D eigenvalue weighted by Gasteiger charge is -2.38. The van der Waals surface area contributed by atoms with Gasteiger partial charge in [0.2, 0.25) is 5.91 Å². The van der Waals surface area contributed by atoms with Gasteiger partial charge in [0.1, 0.15) is 11.5 Å². The number of para-hydroxylation sites is 2. The number of carbonyl (C=O) groups is 3. The molecule has 2 aromatic carbocycles. The fraction of sp³-hybridized carbons (Fsp3) is 0.276. The van der Waals surface area contributed by atoms with Gasteiger partial charge in [-0.05, 0) is 34.7 Å². The van der Waals surface area contributed by atoms with E-state index in [-0.39, 0.29) is 17.5 Å². The second-order valence-corrected chi connectivity index (χ2v) is 11.5. The number of fused-ring (bicyclic) bond motifs is 6. The molecule has 0 radical (unpaired) electrons. The molecular formula is C29H26N2O3S. The highest BCUT2D eigenvalue weighted by Crippen LogP contribution is 2.58. The van der Waals surface area contributed by atoms with Crippen molar-refractivity contribution in [3.05, 3.63) is 88.1 Å². The van der Waals surface area contributed by atoms with Crippen molar-refractivity contribution in [3.63, 3.8) is 0 Å². The van der Waals surface area contributed by atoms with Gasteiger partial charge in [-0.15, -0.1) is 11.3 Å². The number of hydrogen-bond acceptors (Lipinski definition) is 5. The molecule has 3 aromatic rings. The van der Waals surface area contributed by atoms with E-state index in [1.54, 1.807) is 6.07 Å². The van der Waals surface area contributed by atoms with Crippen LogP contribution in [0, 0.1) is 11.3 Å². The Morgan fingerprint density at radius 3 is 2.49 bits per heavy atom. The van der Waals surface area contributed by atoms with Crippen LogP contribution < -0.4 is 10.2 Å². The normalized spacial score (nSPS) is 26.3. The minimum absolute atomic E-state index is 0.0448. The summed E-state index contributed by atoms with van der Waals surface area (Å²) in [5, 5.41) is 4.92. The highest BCUT2D eigenvalue weighted by molar-refractivity contribution is 7.12. The summed E-state index contributed by atoms with van der Waals surface area (Å²) in [6, 6.07) is 17.8. The molecule has 1 fully saturated rings. The number of benzene rings is 2. The van der Waals surface area contributed by atoms with Gasteiger partial charge in [-0.3, -0.25) is 14.4 Å². The first-order chi connectivity index (χ1) is 16.8. The smallest absolute Gasteiger partial charge is 0.238 e. The Labute approximate surface area is 208 Å². The van der Waals surface area contributed by atoms with Gasteiger partial charge < -0.3 is 10.2 Å². The fourth-order valence-electron chi connectivity index (χ4n) is 6.14. The van der Waals surface area contributed by atoms with E-state index in [1.807, 2.05) is 92.9 Å². The maximum absolute atomic E-state index is 14.3. The number of carbonyl (C=O) groups excluding carboxylic acids is 3. The van der Waals surface area contributed by atoms with E-state index in [1.165, 1.54) is 11.3 Å². The SMILES string of the molecule is CC(C)(C)C(=O)[C@@H]1[C@@H](C(=O)c2cccs2)[C@]2(C(=O)Nc3ccccc32)[C@H]2C=Cc3ccccc3N12. The van der Waals surface area contributed by atoms with E-state index in [0.29, 0.717) is 10.6 Å². The monoisotopic (exact) mass is 482 g/mol. The summed E-state index contributed by atoms with van der Waals surface area (Å²) in [6.45, 7) is 5.66. The Hall–Kier alpha value is -3.51. The van der Waals surface area contributed by atoms with Crippen LogP contribution in [-0.2, 0) is 15.0 Å². The first kappa shape index (κ1) is 22.0. The molecule has 4 atom stereocenters. The Kier molecular flexibility index (Phi) is 4.71. The predicted octanol–water partition coefficient (Wildman–Crippen LogP) is 5.34. The summed E-state index contributed by atoms with van der Waals surface area (Å²) in [7, 11) is 0. The first-order valence-electron chi connectivity index (χ1n) is 11.8.